The predicted molar refractivity (Wildman–Crippen MR) is 42.0 cm³/mol. The van der Waals surface area contributed by atoms with Crippen molar-refractivity contribution in [1.29, 1.82) is 0 Å². The molecule has 106 valence electrons. The molecule has 0 fully saturated rings. The first-order valence-electron chi connectivity index (χ1n) is 4.25. The van der Waals surface area contributed by atoms with Crippen LogP contribution in [0.1, 0.15) is 13.3 Å². The van der Waals surface area contributed by atoms with Gasteiger partial charge in [-0.3, -0.25) is 0 Å². The molecule has 0 aliphatic rings. The van der Waals surface area contributed by atoms with Gasteiger partial charge in [-0.15, -0.1) is 0 Å². The third-order valence-corrected chi connectivity index (χ3v) is 2.01. The van der Waals surface area contributed by atoms with Crippen LogP contribution < -0.4 is 0 Å². The smallest absolute Gasteiger partial charge is 0.376 e. The summed E-state index contributed by atoms with van der Waals surface area (Å²) in [6.45, 7) is 0.417. The third kappa shape index (κ3) is 2.41. The molecule has 0 aromatic carbocycles. The Balaban J connectivity index is 5.93. The number of alkyl halides is 6. The van der Waals surface area contributed by atoms with Crippen LogP contribution in [0.5, 0.6) is 0 Å². The van der Waals surface area contributed by atoms with Crippen LogP contribution in [0.4, 0.5) is 35.1 Å². The Morgan fingerprint density at radius 2 is 1.44 bits per heavy atom. The lowest BCUT2D eigenvalue weighted by Crippen LogP contribution is -2.55. The van der Waals surface area contributed by atoms with E-state index < -0.39 is 41.8 Å². The van der Waals surface area contributed by atoms with E-state index in [0.717, 1.165) is 0 Å². The molecule has 0 aromatic rings. The van der Waals surface area contributed by atoms with Gasteiger partial charge >= 0.3 is 23.7 Å². The minimum atomic E-state index is -6.26. The summed E-state index contributed by atoms with van der Waals surface area (Å²) in [4.78, 5) is 10.1. The average Bonchev–Trinajstić information content (AvgIpc) is 2.14. The van der Waals surface area contributed by atoms with E-state index in [2.05, 4.69) is 0 Å². The molecule has 0 amide bonds. The number of carboxylic acid groups (broad SMARTS) is 1. The zero-order valence-electron chi connectivity index (χ0n) is 8.59. The second-order valence-electron chi connectivity index (χ2n) is 3.15. The summed E-state index contributed by atoms with van der Waals surface area (Å²) in [5.41, 5.74) is -3.35. The zero-order valence-corrected chi connectivity index (χ0v) is 8.59. The van der Waals surface area contributed by atoms with Gasteiger partial charge in [0.2, 0.25) is 0 Å². The van der Waals surface area contributed by atoms with Gasteiger partial charge in [-0.2, -0.15) is 35.1 Å². The third-order valence-electron chi connectivity index (χ3n) is 2.01. The van der Waals surface area contributed by atoms with Crippen molar-refractivity contribution in [3.63, 3.8) is 0 Å². The van der Waals surface area contributed by atoms with Gasteiger partial charge in [-0.1, -0.05) is 6.92 Å². The van der Waals surface area contributed by atoms with Crippen LogP contribution in [0.2, 0.25) is 0 Å². The minimum absolute atomic E-state index is 0.417. The quantitative estimate of drug-likeness (QED) is 0.620. The molecular formula is C8H6F8O2. The first-order valence-corrected chi connectivity index (χ1v) is 4.25. The Kier molecular flexibility index (Phi) is 4.37. The van der Waals surface area contributed by atoms with Gasteiger partial charge in [0.15, 0.2) is 5.57 Å². The van der Waals surface area contributed by atoms with Crippen molar-refractivity contribution in [3.05, 3.63) is 11.7 Å². The Bertz CT molecular complexity index is 369. The van der Waals surface area contributed by atoms with Crippen LogP contribution >= 0.6 is 0 Å². The van der Waals surface area contributed by atoms with Gasteiger partial charge in [0, 0.05) is 6.42 Å². The molecule has 10 heteroatoms. The topological polar surface area (TPSA) is 37.3 Å². The molecule has 2 nitrogen and oxygen atoms in total. The van der Waals surface area contributed by atoms with E-state index in [1.165, 1.54) is 0 Å². The highest BCUT2D eigenvalue weighted by molar-refractivity contribution is 5.89. The highest BCUT2D eigenvalue weighted by Gasteiger charge is 2.73. The number of carbonyl (C=O) groups is 1. The summed E-state index contributed by atoms with van der Waals surface area (Å²) in [6, 6.07) is 0. The average molecular weight is 286 g/mol. The molecule has 0 radical (unpaired) electrons. The summed E-state index contributed by atoms with van der Waals surface area (Å²) in [6.07, 6.45) is -5.45. The van der Waals surface area contributed by atoms with E-state index in [1.807, 2.05) is 0 Å². The van der Waals surface area contributed by atoms with E-state index in [4.69, 9.17) is 5.11 Å². The molecule has 0 rings (SSSR count). The molecule has 0 unspecified atom stereocenters. The van der Waals surface area contributed by atoms with Crippen LogP contribution in [0.3, 0.4) is 0 Å². The largest absolute Gasteiger partial charge is 0.478 e. The normalized spacial score (nSPS) is 13.4. The summed E-state index contributed by atoms with van der Waals surface area (Å²) >= 11 is 0. The molecule has 0 saturated carbocycles. The van der Waals surface area contributed by atoms with Gasteiger partial charge in [-0.25, -0.2) is 4.79 Å². The van der Waals surface area contributed by atoms with Crippen LogP contribution in [0.25, 0.3) is 0 Å². The van der Waals surface area contributed by atoms with Gasteiger partial charge in [-0.05, 0) is 0 Å². The molecule has 0 saturated heterocycles. The number of carboxylic acids is 1. The van der Waals surface area contributed by atoms with E-state index in [9.17, 15) is 39.9 Å². The standard InChI is InChI=1S/C8H6F8O2/c1-2-6(11,12)8(15,16)7(13,14)3(4(9)10)5(17)18/h2H2,1H3,(H,17,18). The molecule has 0 heterocycles. The summed E-state index contributed by atoms with van der Waals surface area (Å²) in [5, 5.41) is 7.98. The molecule has 0 atom stereocenters. The summed E-state index contributed by atoms with van der Waals surface area (Å²) < 4.78 is 101. The van der Waals surface area contributed by atoms with Crippen molar-refractivity contribution in [1.82, 2.24) is 0 Å². The highest BCUT2D eigenvalue weighted by atomic mass is 19.3. The molecule has 0 aliphatic heterocycles. The Hall–Kier alpha value is -1.35. The van der Waals surface area contributed by atoms with Gasteiger partial charge in [0.1, 0.15) is 0 Å². The maximum absolute atomic E-state index is 12.9. The lowest BCUT2D eigenvalue weighted by Gasteiger charge is -2.31. The van der Waals surface area contributed by atoms with Crippen molar-refractivity contribution in [2.75, 3.05) is 0 Å². The van der Waals surface area contributed by atoms with E-state index in [0.29, 0.717) is 6.92 Å². The lowest BCUT2D eigenvalue weighted by atomic mass is 9.96. The van der Waals surface area contributed by atoms with Gasteiger partial charge in [0.25, 0.3) is 6.08 Å². The highest BCUT2D eigenvalue weighted by Crippen LogP contribution is 2.51. The first kappa shape index (κ1) is 16.6. The second kappa shape index (κ2) is 4.73. The number of halogens is 8. The Morgan fingerprint density at radius 1 is 1.06 bits per heavy atom. The number of hydrogen-bond donors (Lipinski definition) is 1. The van der Waals surface area contributed by atoms with Crippen LogP contribution in [0, 0.1) is 0 Å². The molecule has 18 heavy (non-hydrogen) atoms. The second-order valence-corrected chi connectivity index (χ2v) is 3.15. The fourth-order valence-electron chi connectivity index (χ4n) is 0.943. The number of hydrogen-bond acceptors (Lipinski definition) is 1. The minimum Gasteiger partial charge on any atom is -0.478 e. The lowest BCUT2D eigenvalue weighted by molar-refractivity contribution is -0.296. The van der Waals surface area contributed by atoms with E-state index in [-0.39, 0.29) is 0 Å². The molecule has 0 aliphatic carbocycles. The Labute approximate surface area is 94.9 Å². The van der Waals surface area contributed by atoms with Crippen LogP contribution in [-0.2, 0) is 4.79 Å². The Morgan fingerprint density at radius 3 is 1.67 bits per heavy atom. The van der Waals surface area contributed by atoms with Crippen molar-refractivity contribution >= 4 is 5.97 Å². The molecule has 0 spiro atoms. The van der Waals surface area contributed by atoms with E-state index >= 15 is 0 Å². The number of aliphatic carboxylic acids is 1. The van der Waals surface area contributed by atoms with Crippen molar-refractivity contribution < 1.29 is 45.0 Å². The van der Waals surface area contributed by atoms with Crippen molar-refractivity contribution in [2.45, 2.75) is 31.1 Å². The van der Waals surface area contributed by atoms with Crippen LogP contribution in [-0.4, -0.2) is 28.8 Å². The molecule has 0 bridgehead atoms. The molecular weight excluding hydrogens is 280 g/mol. The zero-order chi connectivity index (χ0) is 14.9. The molecule has 1 N–H and O–H groups in total. The predicted octanol–water partition coefficient (Wildman–Crippen LogP) is 3.54. The van der Waals surface area contributed by atoms with E-state index in [1.54, 1.807) is 0 Å². The SMILES string of the molecule is CCC(F)(F)C(F)(F)C(F)(F)C(C(=O)O)=C(F)F. The first-order chi connectivity index (χ1) is 7.83. The monoisotopic (exact) mass is 286 g/mol. The van der Waals surface area contributed by atoms with Crippen molar-refractivity contribution in [3.8, 4) is 0 Å². The molecule has 0 aromatic heterocycles. The summed E-state index contributed by atoms with van der Waals surface area (Å²) in [5.74, 6) is -20.9. The number of rotatable bonds is 5. The fourth-order valence-corrected chi connectivity index (χ4v) is 0.943. The maximum Gasteiger partial charge on any atom is 0.376 e. The van der Waals surface area contributed by atoms with Crippen molar-refractivity contribution in [2.24, 2.45) is 0 Å². The maximum atomic E-state index is 12.9. The van der Waals surface area contributed by atoms with Crippen LogP contribution in [0.15, 0.2) is 11.7 Å². The fraction of sp³-hybridized carbons (Fsp3) is 0.625. The van der Waals surface area contributed by atoms with Gasteiger partial charge < -0.3 is 5.11 Å². The summed E-state index contributed by atoms with van der Waals surface area (Å²) in [7, 11) is 0. The van der Waals surface area contributed by atoms with Gasteiger partial charge in [0.05, 0.1) is 0 Å².